The summed E-state index contributed by atoms with van der Waals surface area (Å²) in [4.78, 5) is 0. The van der Waals surface area contributed by atoms with Crippen molar-refractivity contribution >= 4 is 27.3 Å². The fraction of sp³-hybridized carbons (Fsp3) is 0.125. The second-order valence-corrected chi connectivity index (χ2v) is 4.83. The van der Waals surface area contributed by atoms with Crippen molar-refractivity contribution in [1.82, 2.24) is 0 Å². The van der Waals surface area contributed by atoms with Crippen molar-refractivity contribution in [3.05, 3.63) is 29.8 Å². The SMILES string of the molecule is N#Cc1cccc(NS(=O)(=O)CCl)c1. The predicted octanol–water partition coefficient (Wildman–Crippen LogP) is 1.50. The van der Waals surface area contributed by atoms with Crippen LogP contribution in [0.15, 0.2) is 24.3 Å². The molecule has 0 unspecified atom stereocenters. The van der Waals surface area contributed by atoms with Gasteiger partial charge in [-0.25, -0.2) is 8.42 Å². The van der Waals surface area contributed by atoms with Gasteiger partial charge in [0, 0.05) is 5.69 Å². The van der Waals surface area contributed by atoms with E-state index in [1.807, 2.05) is 6.07 Å². The lowest BCUT2D eigenvalue weighted by Gasteiger charge is -2.04. The molecular weight excluding hydrogens is 224 g/mol. The zero-order chi connectivity index (χ0) is 10.6. The zero-order valence-corrected chi connectivity index (χ0v) is 8.64. The van der Waals surface area contributed by atoms with Gasteiger partial charge in [0.1, 0.15) is 5.21 Å². The summed E-state index contributed by atoms with van der Waals surface area (Å²) in [5.74, 6) is 0. The molecule has 14 heavy (non-hydrogen) atoms. The van der Waals surface area contributed by atoms with E-state index < -0.39 is 15.2 Å². The van der Waals surface area contributed by atoms with Crippen LogP contribution in [-0.2, 0) is 10.0 Å². The van der Waals surface area contributed by atoms with Crippen molar-refractivity contribution in [2.24, 2.45) is 0 Å². The van der Waals surface area contributed by atoms with Crippen LogP contribution in [0.5, 0.6) is 0 Å². The maximum Gasteiger partial charge on any atom is 0.246 e. The van der Waals surface area contributed by atoms with Crippen molar-refractivity contribution in [1.29, 1.82) is 5.26 Å². The Morgan fingerprint density at radius 2 is 2.21 bits per heavy atom. The molecule has 0 aromatic heterocycles. The summed E-state index contributed by atoms with van der Waals surface area (Å²) in [5.41, 5.74) is 0.726. The first-order valence-electron chi connectivity index (χ1n) is 3.64. The summed E-state index contributed by atoms with van der Waals surface area (Å²) in [6, 6.07) is 8.05. The predicted molar refractivity (Wildman–Crippen MR) is 54.4 cm³/mol. The Morgan fingerprint density at radius 3 is 2.79 bits per heavy atom. The van der Waals surface area contributed by atoms with Gasteiger partial charge in [-0.2, -0.15) is 5.26 Å². The molecule has 4 nitrogen and oxygen atoms in total. The van der Waals surface area contributed by atoms with E-state index in [9.17, 15) is 8.42 Å². The Labute approximate surface area is 87.2 Å². The fourth-order valence-electron chi connectivity index (χ4n) is 0.859. The second kappa shape index (κ2) is 4.31. The fourth-order valence-corrected chi connectivity index (χ4v) is 1.56. The largest absolute Gasteiger partial charge is 0.283 e. The van der Waals surface area contributed by atoms with E-state index in [-0.39, 0.29) is 0 Å². The first kappa shape index (κ1) is 10.8. The summed E-state index contributed by atoms with van der Waals surface area (Å²) < 4.78 is 24.3. The Morgan fingerprint density at radius 1 is 1.50 bits per heavy atom. The van der Waals surface area contributed by atoms with E-state index in [1.54, 1.807) is 18.2 Å². The van der Waals surface area contributed by atoms with E-state index in [0.29, 0.717) is 11.3 Å². The number of nitrogens with one attached hydrogen (secondary N) is 1. The minimum atomic E-state index is -3.49. The summed E-state index contributed by atoms with van der Waals surface area (Å²) in [5, 5.41) is 8.05. The van der Waals surface area contributed by atoms with Crippen LogP contribution in [0.4, 0.5) is 5.69 Å². The standard InChI is InChI=1S/C8H7ClN2O2S/c9-6-14(12,13)11-8-3-1-2-7(4-8)5-10/h1-4,11H,6H2. The molecule has 0 radical (unpaired) electrons. The number of hydrogen-bond donors (Lipinski definition) is 1. The summed E-state index contributed by atoms with van der Waals surface area (Å²) >= 11 is 5.20. The molecular formula is C8H7ClN2O2S. The topological polar surface area (TPSA) is 70.0 Å². The van der Waals surface area contributed by atoms with Crippen LogP contribution in [0.25, 0.3) is 0 Å². The Hall–Kier alpha value is -1.25. The third-order valence-corrected chi connectivity index (χ3v) is 3.10. The third-order valence-electron chi connectivity index (χ3n) is 1.41. The Bertz CT molecular complexity index is 464. The van der Waals surface area contributed by atoms with Gasteiger partial charge in [0.05, 0.1) is 11.6 Å². The Balaban J connectivity index is 2.94. The number of halogens is 1. The molecule has 0 spiro atoms. The lowest BCUT2D eigenvalue weighted by molar-refractivity contribution is 0.605. The highest BCUT2D eigenvalue weighted by Gasteiger charge is 2.07. The van der Waals surface area contributed by atoms with Crippen molar-refractivity contribution in [3.8, 4) is 6.07 Å². The van der Waals surface area contributed by atoms with Crippen molar-refractivity contribution in [2.45, 2.75) is 0 Å². The molecule has 1 N–H and O–H groups in total. The molecule has 0 aliphatic carbocycles. The van der Waals surface area contributed by atoms with Gasteiger partial charge >= 0.3 is 0 Å². The molecule has 0 saturated carbocycles. The number of nitriles is 1. The number of rotatable bonds is 3. The lowest BCUT2D eigenvalue weighted by atomic mass is 10.2. The molecule has 0 aliphatic rings. The molecule has 0 saturated heterocycles. The number of nitrogens with zero attached hydrogens (tertiary/aromatic N) is 1. The maximum atomic E-state index is 11.0. The molecule has 1 aromatic carbocycles. The first-order chi connectivity index (χ1) is 6.57. The minimum absolute atomic E-state index is 0.338. The highest BCUT2D eigenvalue weighted by atomic mass is 35.5. The summed E-state index contributed by atoms with van der Waals surface area (Å²) in [6.07, 6.45) is 0. The van der Waals surface area contributed by atoms with E-state index in [0.717, 1.165) is 0 Å². The average Bonchev–Trinajstić information content (AvgIpc) is 2.17. The molecule has 0 fully saturated rings. The van der Waals surface area contributed by atoms with Crippen molar-refractivity contribution < 1.29 is 8.42 Å². The van der Waals surface area contributed by atoms with Gasteiger partial charge in [0.15, 0.2) is 0 Å². The molecule has 74 valence electrons. The normalized spacial score (nSPS) is 10.6. The van der Waals surface area contributed by atoms with Crippen LogP contribution in [0, 0.1) is 11.3 Å². The highest BCUT2D eigenvalue weighted by Crippen LogP contribution is 2.11. The van der Waals surface area contributed by atoms with Crippen LogP contribution < -0.4 is 4.72 Å². The first-order valence-corrected chi connectivity index (χ1v) is 5.83. The van der Waals surface area contributed by atoms with Gasteiger partial charge in [0.2, 0.25) is 10.0 Å². The summed E-state index contributed by atoms with van der Waals surface area (Å²) in [7, 11) is -3.49. The van der Waals surface area contributed by atoms with Gasteiger partial charge in [-0.3, -0.25) is 4.72 Å². The maximum absolute atomic E-state index is 11.0. The van der Waals surface area contributed by atoms with Crippen LogP contribution in [0.3, 0.4) is 0 Å². The van der Waals surface area contributed by atoms with Gasteiger partial charge in [0.25, 0.3) is 0 Å². The molecule has 6 heteroatoms. The molecule has 0 amide bonds. The van der Waals surface area contributed by atoms with E-state index in [2.05, 4.69) is 4.72 Å². The van der Waals surface area contributed by atoms with Crippen LogP contribution in [0.2, 0.25) is 0 Å². The van der Waals surface area contributed by atoms with Gasteiger partial charge < -0.3 is 0 Å². The van der Waals surface area contributed by atoms with Gasteiger partial charge in [-0.1, -0.05) is 6.07 Å². The number of sulfonamides is 1. The lowest BCUT2D eigenvalue weighted by Crippen LogP contribution is -2.13. The van der Waals surface area contributed by atoms with E-state index in [4.69, 9.17) is 16.9 Å². The number of benzene rings is 1. The number of anilines is 1. The zero-order valence-electron chi connectivity index (χ0n) is 7.07. The third kappa shape index (κ3) is 2.91. The summed E-state index contributed by atoms with van der Waals surface area (Å²) in [6.45, 7) is 0. The smallest absolute Gasteiger partial charge is 0.246 e. The monoisotopic (exact) mass is 230 g/mol. The van der Waals surface area contributed by atoms with Crippen LogP contribution in [0.1, 0.15) is 5.56 Å². The highest BCUT2D eigenvalue weighted by molar-refractivity contribution is 7.93. The molecule has 0 aliphatic heterocycles. The Kier molecular flexibility index (Phi) is 3.33. The van der Waals surface area contributed by atoms with Gasteiger partial charge in [-0.05, 0) is 18.2 Å². The van der Waals surface area contributed by atoms with Crippen molar-refractivity contribution in [3.63, 3.8) is 0 Å². The molecule has 1 aromatic rings. The number of hydrogen-bond acceptors (Lipinski definition) is 3. The van der Waals surface area contributed by atoms with E-state index >= 15 is 0 Å². The minimum Gasteiger partial charge on any atom is -0.283 e. The molecule has 0 heterocycles. The van der Waals surface area contributed by atoms with Gasteiger partial charge in [-0.15, -0.1) is 11.6 Å². The van der Waals surface area contributed by atoms with Crippen molar-refractivity contribution in [2.75, 3.05) is 9.93 Å². The molecule has 0 bridgehead atoms. The number of alkyl halides is 1. The van der Waals surface area contributed by atoms with E-state index in [1.165, 1.54) is 6.07 Å². The second-order valence-electron chi connectivity index (χ2n) is 2.52. The average molecular weight is 231 g/mol. The molecule has 0 atom stereocenters. The van der Waals surface area contributed by atoms with Crippen LogP contribution >= 0.6 is 11.6 Å². The molecule has 1 rings (SSSR count). The quantitative estimate of drug-likeness (QED) is 0.800. The van der Waals surface area contributed by atoms with Crippen LogP contribution in [-0.4, -0.2) is 13.6 Å².